The Bertz CT molecular complexity index is 1040. The van der Waals surface area contributed by atoms with Gasteiger partial charge in [0, 0.05) is 16.9 Å². The van der Waals surface area contributed by atoms with Gasteiger partial charge in [0.1, 0.15) is 11.8 Å². The predicted molar refractivity (Wildman–Crippen MR) is 126 cm³/mol. The molecule has 4 rings (SSSR count). The first-order valence-corrected chi connectivity index (χ1v) is 10.8. The molecule has 0 bridgehead atoms. The zero-order valence-corrected chi connectivity index (χ0v) is 18.1. The summed E-state index contributed by atoms with van der Waals surface area (Å²) in [4.78, 5) is 27.9. The Morgan fingerprint density at radius 3 is 2.03 bits per heavy atom. The van der Waals surface area contributed by atoms with Crippen molar-refractivity contribution in [3.63, 3.8) is 0 Å². The van der Waals surface area contributed by atoms with Crippen LogP contribution in [-0.2, 0) is 4.79 Å². The lowest BCUT2D eigenvalue weighted by atomic mass is 10.0. The highest BCUT2D eigenvalue weighted by atomic mass is 16.5. The third-order valence-electron chi connectivity index (χ3n) is 5.63. The largest absolute Gasteiger partial charge is 0.497 e. The second kappa shape index (κ2) is 10.1. The summed E-state index contributed by atoms with van der Waals surface area (Å²) in [7, 11) is 1.60. The number of likely N-dealkylation sites (tertiary alicyclic amines) is 1. The quantitative estimate of drug-likeness (QED) is 0.570. The van der Waals surface area contributed by atoms with E-state index in [1.807, 2.05) is 30.3 Å². The van der Waals surface area contributed by atoms with Gasteiger partial charge in [-0.3, -0.25) is 14.5 Å². The van der Waals surface area contributed by atoms with Crippen LogP contribution in [0.25, 0.3) is 0 Å². The van der Waals surface area contributed by atoms with Crippen molar-refractivity contribution >= 4 is 23.2 Å². The highest BCUT2D eigenvalue weighted by Gasteiger charge is 2.29. The molecule has 6 heteroatoms. The first kappa shape index (κ1) is 21.6. The van der Waals surface area contributed by atoms with Gasteiger partial charge in [-0.1, -0.05) is 30.3 Å². The van der Waals surface area contributed by atoms with Gasteiger partial charge in [-0.2, -0.15) is 0 Å². The number of carbonyl (C=O) groups is 2. The fourth-order valence-corrected chi connectivity index (χ4v) is 3.96. The molecule has 1 heterocycles. The number of nitrogens with one attached hydrogen (secondary N) is 2. The molecule has 0 spiro atoms. The van der Waals surface area contributed by atoms with Gasteiger partial charge in [-0.25, -0.2) is 0 Å². The highest BCUT2D eigenvalue weighted by molar-refractivity contribution is 6.04. The van der Waals surface area contributed by atoms with E-state index in [2.05, 4.69) is 15.5 Å². The monoisotopic (exact) mass is 429 g/mol. The third-order valence-corrected chi connectivity index (χ3v) is 5.63. The highest BCUT2D eigenvalue weighted by Crippen LogP contribution is 2.27. The molecular weight excluding hydrogens is 402 g/mol. The van der Waals surface area contributed by atoms with Gasteiger partial charge >= 0.3 is 0 Å². The summed E-state index contributed by atoms with van der Waals surface area (Å²) in [5.74, 6) is 0.451. The van der Waals surface area contributed by atoms with Crippen LogP contribution in [0.15, 0.2) is 78.9 Å². The molecule has 32 heavy (non-hydrogen) atoms. The fraction of sp³-hybridized carbons (Fsp3) is 0.231. The molecule has 0 saturated carbocycles. The SMILES string of the molecule is COc1ccc(NC(=O)c2ccc(NC(=O)C(c3ccccc3)N3CCCC3)cc2)cc1. The number of carbonyl (C=O) groups excluding carboxylic acids is 2. The Hall–Kier alpha value is -3.64. The van der Waals surface area contributed by atoms with E-state index in [0.29, 0.717) is 16.9 Å². The lowest BCUT2D eigenvalue weighted by molar-refractivity contribution is -0.121. The second-order valence-corrected chi connectivity index (χ2v) is 7.81. The maximum Gasteiger partial charge on any atom is 0.255 e. The molecule has 2 N–H and O–H groups in total. The van der Waals surface area contributed by atoms with E-state index < -0.39 is 0 Å². The van der Waals surface area contributed by atoms with Gasteiger partial charge in [0.05, 0.1) is 7.11 Å². The van der Waals surface area contributed by atoms with E-state index in [-0.39, 0.29) is 17.9 Å². The molecule has 1 aliphatic heterocycles. The van der Waals surface area contributed by atoms with E-state index in [0.717, 1.165) is 37.2 Å². The van der Waals surface area contributed by atoms with E-state index in [1.165, 1.54) is 0 Å². The van der Waals surface area contributed by atoms with Crippen LogP contribution in [0.5, 0.6) is 5.75 Å². The minimum atomic E-state index is -0.322. The number of hydrogen-bond donors (Lipinski definition) is 2. The molecule has 3 aromatic rings. The van der Waals surface area contributed by atoms with Crippen LogP contribution in [0.1, 0.15) is 34.8 Å². The van der Waals surface area contributed by atoms with Crippen molar-refractivity contribution in [2.45, 2.75) is 18.9 Å². The molecule has 6 nitrogen and oxygen atoms in total. The number of ether oxygens (including phenoxy) is 1. The smallest absolute Gasteiger partial charge is 0.255 e. The van der Waals surface area contributed by atoms with Crippen LogP contribution in [0, 0.1) is 0 Å². The van der Waals surface area contributed by atoms with Crippen LogP contribution in [-0.4, -0.2) is 36.9 Å². The number of benzene rings is 3. The minimum Gasteiger partial charge on any atom is -0.497 e. The Kier molecular flexibility index (Phi) is 6.82. The first-order valence-electron chi connectivity index (χ1n) is 10.8. The van der Waals surface area contributed by atoms with E-state index >= 15 is 0 Å². The standard InChI is InChI=1S/C26H27N3O3/c1-32-23-15-13-22(14-16-23)27-25(30)20-9-11-21(12-10-20)28-26(31)24(29-17-5-6-18-29)19-7-3-2-4-8-19/h2-4,7-16,24H,5-6,17-18H2,1H3,(H,27,30)(H,28,31). The van der Waals surface area contributed by atoms with Crippen molar-refractivity contribution in [1.82, 2.24) is 4.90 Å². The normalized spacial score (nSPS) is 14.5. The number of methoxy groups -OCH3 is 1. The number of rotatable bonds is 7. The van der Waals surface area contributed by atoms with Crippen molar-refractivity contribution in [3.8, 4) is 5.75 Å². The van der Waals surface area contributed by atoms with Crippen molar-refractivity contribution in [3.05, 3.63) is 90.0 Å². The summed E-state index contributed by atoms with van der Waals surface area (Å²) in [5.41, 5.74) is 2.85. The maximum absolute atomic E-state index is 13.2. The van der Waals surface area contributed by atoms with Crippen LogP contribution < -0.4 is 15.4 Å². The third kappa shape index (κ3) is 5.15. The number of amides is 2. The van der Waals surface area contributed by atoms with Gasteiger partial charge in [-0.15, -0.1) is 0 Å². The van der Waals surface area contributed by atoms with Gasteiger partial charge < -0.3 is 15.4 Å². The number of anilines is 2. The molecule has 0 aliphatic carbocycles. The van der Waals surface area contributed by atoms with Crippen molar-refractivity contribution in [2.75, 3.05) is 30.8 Å². The summed E-state index contributed by atoms with van der Waals surface area (Å²) < 4.78 is 5.13. The Morgan fingerprint density at radius 2 is 1.41 bits per heavy atom. The number of hydrogen-bond acceptors (Lipinski definition) is 4. The van der Waals surface area contributed by atoms with Gasteiger partial charge in [0.15, 0.2) is 0 Å². The Morgan fingerprint density at radius 1 is 0.812 bits per heavy atom. The van der Waals surface area contributed by atoms with Gasteiger partial charge in [0.2, 0.25) is 5.91 Å². The van der Waals surface area contributed by atoms with Crippen LogP contribution in [0.3, 0.4) is 0 Å². The average Bonchev–Trinajstić information content (AvgIpc) is 3.35. The molecular formula is C26H27N3O3. The van der Waals surface area contributed by atoms with Crippen molar-refractivity contribution in [2.24, 2.45) is 0 Å². The maximum atomic E-state index is 13.2. The Balaban J connectivity index is 1.42. The lowest BCUT2D eigenvalue weighted by Gasteiger charge is -2.27. The molecule has 1 atom stereocenters. The van der Waals surface area contributed by atoms with Crippen LogP contribution >= 0.6 is 0 Å². The first-order chi connectivity index (χ1) is 15.6. The average molecular weight is 430 g/mol. The number of nitrogens with zero attached hydrogens (tertiary/aromatic N) is 1. The molecule has 0 aromatic heterocycles. The predicted octanol–water partition coefficient (Wildman–Crippen LogP) is 4.72. The van der Waals surface area contributed by atoms with Crippen molar-refractivity contribution in [1.29, 1.82) is 0 Å². The topological polar surface area (TPSA) is 70.7 Å². The zero-order chi connectivity index (χ0) is 22.3. The summed E-state index contributed by atoms with van der Waals surface area (Å²) in [5, 5.41) is 5.88. The molecule has 3 aromatic carbocycles. The lowest BCUT2D eigenvalue weighted by Crippen LogP contribution is -2.35. The summed E-state index contributed by atoms with van der Waals surface area (Å²) >= 11 is 0. The van der Waals surface area contributed by atoms with Crippen LogP contribution in [0.2, 0.25) is 0 Å². The molecule has 1 aliphatic rings. The van der Waals surface area contributed by atoms with E-state index in [9.17, 15) is 9.59 Å². The molecule has 0 radical (unpaired) electrons. The van der Waals surface area contributed by atoms with Crippen molar-refractivity contribution < 1.29 is 14.3 Å². The zero-order valence-electron chi connectivity index (χ0n) is 18.1. The summed E-state index contributed by atoms with van der Waals surface area (Å²) in [6.07, 6.45) is 2.21. The minimum absolute atomic E-state index is 0.0615. The van der Waals surface area contributed by atoms with Gasteiger partial charge in [-0.05, 0) is 80.0 Å². The van der Waals surface area contributed by atoms with Crippen LogP contribution in [0.4, 0.5) is 11.4 Å². The van der Waals surface area contributed by atoms with E-state index in [1.54, 1.807) is 55.6 Å². The molecule has 1 saturated heterocycles. The molecule has 1 fully saturated rings. The fourth-order valence-electron chi connectivity index (χ4n) is 3.96. The molecule has 2 amide bonds. The Labute approximate surface area is 188 Å². The summed E-state index contributed by atoms with van der Waals surface area (Å²) in [6.45, 7) is 1.83. The van der Waals surface area contributed by atoms with E-state index in [4.69, 9.17) is 4.74 Å². The second-order valence-electron chi connectivity index (χ2n) is 7.81. The molecule has 1 unspecified atom stereocenters. The summed E-state index contributed by atoms with van der Waals surface area (Å²) in [6, 6.07) is 23.6. The van der Waals surface area contributed by atoms with Gasteiger partial charge in [0.25, 0.3) is 5.91 Å². The molecule has 164 valence electrons.